The Labute approximate surface area is 283 Å². The minimum Gasteiger partial charge on any atom is -0.494 e. The third-order valence-electron chi connectivity index (χ3n) is 11.9. The molecule has 5 heterocycles. The fourth-order valence-corrected chi connectivity index (χ4v) is 8.89. The van der Waals surface area contributed by atoms with E-state index in [2.05, 4.69) is 9.88 Å². The van der Waals surface area contributed by atoms with Crippen molar-refractivity contribution >= 4 is 33.9 Å². The van der Waals surface area contributed by atoms with Crippen LogP contribution in [0.4, 0.5) is 8.78 Å². The summed E-state index contributed by atoms with van der Waals surface area (Å²) in [5.74, 6) is -1.50. The number of aromatic nitrogens is 4. The minimum atomic E-state index is -3.00. The molecule has 3 N–H and O–H groups in total. The van der Waals surface area contributed by atoms with Crippen LogP contribution in [0.25, 0.3) is 33.6 Å². The maximum Gasteiger partial charge on any atom is 0.265 e. The smallest absolute Gasteiger partial charge is 0.265 e. The van der Waals surface area contributed by atoms with E-state index < -0.39 is 12.5 Å². The molecule has 3 aromatic heterocycles. The largest absolute Gasteiger partial charge is 0.494 e. The molecule has 1 aromatic carbocycles. The molecule has 12 heteroatoms. The maximum absolute atomic E-state index is 15.9. The first-order chi connectivity index (χ1) is 23.6. The lowest BCUT2D eigenvalue weighted by Crippen LogP contribution is -2.51. The Hall–Kier alpha value is -4.06. The molecule has 4 aromatic rings. The number of nitrogens with two attached hydrogens (primary N) is 1. The van der Waals surface area contributed by atoms with Crippen LogP contribution in [0.2, 0.25) is 0 Å². The van der Waals surface area contributed by atoms with Crippen molar-refractivity contribution in [3.05, 3.63) is 41.6 Å². The molecule has 1 saturated heterocycles. The van der Waals surface area contributed by atoms with Gasteiger partial charge in [-0.1, -0.05) is 0 Å². The van der Waals surface area contributed by atoms with E-state index in [9.17, 15) is 9.59 Å². The van der Waals surface area contributed by atoms with Gasteiger partial charge in [-0.2, -0.15) is 0 Å². The van der Waals surface area contributed by atoms with Gasteiger partial charge in [0.15, 0.2) is 5.82 Å². The molecule has 49 heavy (non-hydrogen) atoms. The van der Waals surface area contributed by atoms with Crippen molar-refractivity contribution in [2.24, 2.45) is 23.5 Å². The number of amides is 2. The van der Waals surface area contributed by atoms with E-state index in [1.807, 2.05) is 36.1 Å². The van der Waals surface area contributed by atoms with Crippen LogP contribution in [0.3, 0.4) is 0 Å². The van der Waals surface area contributed by atoms with Crippen LogP contribution in [0, 0.1) is 17.8 Å². The van der Waals surface area contributed by atoms with Crippen molar-refractivity contribution in [3.8, 4) is 17.3 Å². The Morgan fingerprint density at radius 2 is 1.86 bits per heavy atom. The molecular weight excluding hydrogens is 628 g/mol. The van der Waals surface area contributed by atoms with Crippen molar-refractivity contribution in [2.75, 3.05) is 13.7 Å². The standard InChI is InChI=1S/C37H43F2N7O3/c1-19-28-10-6-22-15-30(45(33(22)42-28)18-37(38,39)11-3-4-20-13-26(20)35(47)41-19)34-43-29-14-23(16-31(49-2)32(29)46(34)24-8-9-24)36(48)44-17-27(40)21-5-7-25(44)12-21/h6,10,14-16,19-21,24-27H,3-5,7-9,11-13,17-18,40H2,1-2H3,(H,41,47)/t19-,20-,21-,25+,26-,27+/m1/s1. The van der Waals surface area contributed by atoms with Gasteiger partial charge in [0.1, 0.15) is 16.9 Å². The van der Waals surface area contributed by atoms with E-state index in [1.54, 1.807) is 17.7 Å². The Kier molecular flexibility index (Phi) is 7.09. The molecule has 3 aliphatic carbocycles. The van der Waals surface area contributed by atoms with Crippen LogP contribution in [0.5, 0.6) is 5.75 Å². The lowest BCUT2D eigenvalue weighted by atomic mass is 9.94. The summed E-state index contributed by atoms with van der Waals surface area (Å²) >= 11 is 0. The highest BCUT2D eigenvalue weighted by molar-refractivity contribution is 6.00. The number of piperidine rings is 1. The van der Waals surface area contributed by atoms with Crippen molar-refractivity contribution in [3.63, 3.8) is 0 Å². The summed E-state index contributed by atoms with van der Waals surface area (Å²) in [4.78, 5) is 38.9. The van der Waals surface area contributed by atoms with E-state index in [0.717, 1.165) is 49.4 Å². The Balaban J connectivity index is 1.18. The normalized spacial score (nSPS) is 29.6. The van der Waals surface area contributed by atoms with Gasteiger partial charge < -0.3 is 29.8 Å². The molecule has 5 aliphatic rings. The zero-order valence-electron chi connectivity index (χ0n) is 28.0. The molecule has 2 amide bonds. The Bertz CT molecular complexity index is 2000. The number of nitrogens with zero attached hydrogens (tertiary/aromatic N) is 5. The van der Waals surface area contributed by atoms with E-state index in [4.69, 9.17) is 20.4 Å². The van der Waals surface area contributed by atoms with Gasteiger partial charge in [0.2, 0.25) is 5.91 Å². The predicted octanol–water partition coefficient (Wildman–Crippen LogP) is 5.98. The zero-order valence-corrected chi connectivity index (χ0v) is 28.0. The molecule has 4 fully saturated rings. The molecule has 2 aliphatic heterocycles. The SMILES string of the molecule is COc1cc(C(=O)N2C[C@H](N)[C@@H]3CC[C@H]2C3)cc2nc(-c3cc4ccc5nc4n3CC(F)(F)CCC[C@@H]3C[C@H]3C(=O)N[C@@H]5C)n(C3CC3)c12. The molecule has 10 nitrogen and oxygen atoms in total. The minimum absolute atomic E-state index is 0.0280. The molecule has 0 unspecified atom stereocenters. The van der Waals surface area contributed by atoms with Gasteiger partial charge in [-0.25, -0.2) is 18.7 Å². The highest BCUT2D eigenvalue weighted by Crippen LogP contribution is 2.47. The Morgan fingerprint density at radius 1 is 1.04 bits per heavy atom. The van der Waals surface area contributed by atoms with Crippen LogP contribution in [0.15, 0.2) is 30.3 Å². The van der Waals surface area contributed by atoms with Crippen molar-refractivity contribution in [1.29, 1.82) is 0 Å². The van der Waals surface area contributed by atoms with E-state index in [0.29, 0.717) is 65.0 Å². The summed E-state index contributed by atoms with van der Waals surface area (Å²) in [6.07, 6.45) is 6.24. The average Bonchev–Trinajstić information content (AvgIpc) is 3.96. The predicted molar refractivity (Wildman–Crippen MR) is 180 cm³/mol. The number of ether oxygens (including phenoxy) is 1. The molecule has 258 valence electrons. The number of methoxy groups -OCH3 is 1. The van der Waals surface area contributed by atoms with Crippen molar-refractivity contribution in [2.45, 2.75) is 101 Å². The number of likely N-dealkylation sites (tertiary alicyclic amines) is 1. The number of rotatable bonds is 4. The van der Waals surface area contributed by atoms with Crippen LogP contribution in [-0.4, -0.2) is 67.5 Å². The zero-order chi connectivity index (χ0) is 33.8. The first kappa shape index (κ1) is 31.0. The number of carbonyl (C=O) groups excluding carboxylic acids is 2. The molecule has 9 rings (SSSR count). The second kappa shape index (κ2) is 11.2. The van der Waals surface area contributed by atoms with Gasteiger partial charge in [-0.15, -0.1) is 0 Å². The van der Waals surface area contributed by atoms with Gasteiger partial charge in [0, 0.05) is 48.0 Å². The number of benzene rings is 1. The van der Waals surface area contributed by atoms with Crippen LogP contribution in [0.1, 0.15) is 92.8 Å². The summed E-state index contributed by atoms with van der Waals surface area (Å²) in [5.41, 5.74) is 9.88. The highest BCUT2D eigenvalue weighted by atomic mass is 19.3. The number of hydrogen-bond acceptors (Lipinski definition) is 6. The first-order valence-corrected chi connectivity index (χ1v) is 17.9. The number of hydrogen-bond donors (Lipinski definition) is 2. The molecular formula is C37H43F2N7O3. The monoisotopic (exact) mass is 671 g/mol. The number of halogens is 2. The van der Waals surface area contributed by atoms with E-state index >= 15 is 8.78 Å². The van der Waals surface area contributed by atoms with Crippen molar-refractivity contribution < 1.29 is 23.1 Å². The van der Waals surface area contributed by atoms with E-state index in [1.165, 1.54) is 0 Å². The second-order valence-electron chi connectivity index (χ2n) is 15.3. The number of nitrogens with one attached hydrogen (secondary N) is 1. The van der Waals surface area contributed by atoms with Gasteiger partial charge in [0.25, 0.3) is 11.8 Å². The van der Waals surface area contributed by atoms with Crippen LogP contribution in [-0.2, 0) is 11.3 Å². The summed E-state index contributed by atoms with van der Waals surface area (Å²) in [6, 6.07) is 9.17. The lowest BCUT2D eigenvalue weighted by Gasteiger charge is -2.37. The Morgan fingerprint density at radius 3 is 2.65 bits per heavy atom. The number of imidazole rings is 1. The van der Waals surface area contributed by atoms with Gasteiger partial charge >= 0.3 is 0 Å². The first-order valence-electron chi connectivity index (χ1n) is 17.9. The summed E-state index contributed by atoms with van der Waals surface area (Å²) in [5, 5.41) is 3.82. The maximum atomic E-state index is 15.9. The van der Waals surface area contributed by atoms with Gasteiger partial charge in [-0.05, 0) is 100 Å². The number of pyridine rings is 1. The average molecular weight is 672 g/mol. The number of carbonyl (C=O) groups is 2. The van der Waals surface area contributed by atoms with Crippen LogP contribution < -0.4 is 15.8 Å². The number of fused-ring (bicyclic) bond motifs is 5. The number of alkyl halides is 2. The second-order valence-corrected chi connectivity index (χ2v) is 15.3. The van der Waals surface area contributed by atoms with Crippen molar-refractivity contribution in [1.82, 2.24) is 29.3 Å². The summed E-state index contributed by atoms with van der Waals surface area (Å²) < 4.78 is 41.5. The topological polar surface area (TPSA) is 120 Å². The molecule has 4 bridgehead atoms. The summed E-state index contributed by atoms with van der Waals surface area (Å²) in [7, 11) is 1.59. The van der Waals surface area contributed by atoms with E-state index in [-0.39, 0.29) is 54.2 Å². The van der Waals surface area contributed by atoms with Gasteiger partial charge in [0.05, 0.1) is 36.6 Å². The fraction of sp³-hybridized carbons (Fsp3) is 0.568. The third-order valence-corrected chi connectivity index (χ3v) is 11.9. The fourth-order valence-electron chi connectivity index (χ4n) is 8.89. The molecule has 0 spiro atoms. The quantitative estimate of drug-likeness (QED) is 0.276. The van der Waals surface area contributed by atoms with Crippen LogP contribution >= 0.6 is 0 Å². The summed E-state index contributed by atoms with van der Waals surface area (Å²) in [6.45, 7) is 1.88. The molecule has 3 saturated carbocycles. The highest BCUT2D eigenvalue weighted by Gasteiger charge is 2.44. The molecule has 6 atom stereocenters. The molecule has 0 radical (unpaired) electrons. The third kappa shape index (κ3) is 5.28. The lowest BCUT2D eigenvalue weighted by molar-refractivity contribution is -0.123. The van der Waals surface area contributed by atoms with Gasteiger partial charge in [-0.3, -0.25) is 9.59 Å².